The molecule has 22 heavy (non-hydrogen) atoms. The Morgan fingerprint density at radius 2 is 2.00 bits per heavy atom. The maximum atomic E-state index is 12.1. The fourth-order valence-corrected chi connectivity index (χ4v) is 2.16. The lowest BCUT2D eigenvalue weighted by molar-refractivity contribution is 0.112. The molecule has 6 nitrogen and oxygen atoms in total. The molecule has 0 aliphatic carbocycles. The molecule has 0 radical (unpaired) electrons. The molecule has 0 saturated carbocycles. The van der Waals surface area contributed by atoms with Crippen molar-refractivity contribution in [3.05, 3.63) is 40.2 Å². The van der Waals surface area contributed by atoms with E-state index in [1.807, 2.05) is 6.92 Å². The van der Waals surface area contributed by atoms with E-state index >= 15 is 0 Å². The second-order valence-electron chi connectivity index (χ2n) is 4.70. The maximum Gasteiger partial charge on any atom is 0.277 e. The van der Waals surface area contributed by atoms with Gasteiger partial charge < -0.3 is 9.47 Å². The molecule has 0 saturated heterocycles. The molecule has 1 heterocycles. The maximum absolute atomic E-state index is 12.1. The first kappa shape index (κ1) is 15.8. The third kappa shape index (κ3) is 3.00. The lowest BCUT2D eigenvalue weighted by atomic mass is 10.1. The summed E-state index contributed by atoms with van der Waals surface area (Å²) < 4.78 is 11.8. The third-order valence-electron chi connectivity index (χ3n) is 3.25. The zero-order chi connectivity index (χ0) is 16.1. The van der Waals surface area contributed by atoms with Crippen molar-refractivity contribution in [3.63, 3.8) is 0 Å². The van der Waals surface area contributed by atoms with Crippen LogP contribution in [0.2, 0.25) is 0 Å². The summed E-state index contributed by atoms with van der Waals surface area (Å²) in [4.78, 5) is 23.2. The van der Waals surface area contributed by atoms with E-state index in [2.05, 4.69) is 5.10 Å². The minimum atomic E-state index is -0.387. The summed E-state index contributed by atoms with van der Waals surface area (Å²) in [5.41, 5.74) is 0.839. The summed E-state index contributed by atoms with van der Waals surface area (Å²) in [5, 5.41) is 4.33. The molecule has 0 atom stereocenters. The van der Waals surface area contributed by atoms with Crippen LogP contribution in [0.3, 0.4) is 0 Å². The molecule has 0 aliphatic rings. The highest BCUT2D eigenvalue weighted by molar-refractivity contribution is 5.78. The van der Waals surface area contributed by atoms with Gasteiger partial charge in [0.05, 0.1) is 25.5 Å². The Balaban J connectivity index is 2.68. The first-order valence-electron chi connectivity index (χ1n) is 6.94. The Kier molecular flexibility index (Phi) is 4.93. The van der Waals surface area contributed by atoms with E-state index in [1.54, 1.807) is 32.4 Å². The monoisotopic (exact) mass is 302 g/mol. The minimum Gasteiger partial charge on any atom is -0.497 e. The number of hydrogen-bond acceptors (Lipinski definition) is 5. The van der Waals surface area contributed by atoms with E-state index in [0.29, 0.717) is 35.6 Å². The van der Waals surface area contributed by atoms with E-state index < -0.39 is 0 Å². The van der Waals surface area contributed by atoms with Crippen molar-refractivity contribution in [2.45, 2.75) is 19.9 Å². The predicted molar refractivity (Wildman–Crippen MR) is 82.7 cm³/mol. The number of carbonyl (C=O) groups excluding carboxylic acids is 1. The van der Waals surface area contributed by atoms with Crippen molar-refractivity contribution >= 4 is 6.29 Å². The minimum absolute atomic E-state index is 0.0725. The lowest BCUT2D eigenvalue weighted by Crippen LogP contribution is -2.26. The summed E-state index contributed by atoms with van der Waals surface area (Å²) in [6.07, 6.45) is 1.29. The van der Waals surface area contributed by atoms with Crippen molar-refractivity contribution in [3.8, 4) is 22.8 Å². The highest BCUT2D eigenvalue weighted by Crippen LogP contribution is 2.32. The van der Waals surface area contributed by atoms with Gasteiger partial charge in [-0.1, -0.05) is 6.92 Å². The standard InChI is InChI=1S/C16H18N2O4/c1-4-7-18-16(20)11(10-19)8-14(17-18)13-9-12(21-2)5-6-15(13)22-3/h5-6,8-10H,4,7H2,1-3H3. The van der Waals surface area contributed by atoms with Crippen LogP contribution in [0.5, 0.6) is 11.5 Å². The van der Waals surface area contributed by atoms with E-state index in [9.17, 15) is 9.59 Å². The summed E-state index contributed by atoms with van der Waals surface area (Å²) in [7, 11) is 3.11. The zero-order valence-corrected chi connectivity index (χ0v) is 12.8. The van der Waals surface area contributed by atoms with Crippen LogP contribution in [-0.4, -0.2) is 30.3 Å². The van der Waals surface area contributed by atoms with E-state index in [1.165, 1.54) is 10.7 Å². The number of carbonyl (C=O) groups is 1. The van der Waals surface area contributed by atoms with Crippen molar-refractivity contribution in [2.24, 2.45) is 0 Å². The quantitative estimate of drug-likeness (QED) is 0.765. The molecule has 116 valence electrons. The van der Waals surface area contributed by atoms with Gasteiger partial charge in [0.1, 0.15) is 11.5 Å². The van der Waals surface area contributed by atoms with Crippen LogP contribution in [0.4, 0.5) is 0 Å². The van der Waals surface area contributed by atoms with Gasteiger partial charge in [0.15, 0.2) is 6.29 Å². The highest BCUT2D eigenvalue weighted by Gasteiger charge is 2.14. The first-order valence-corrected chi connectivity index (χ1v) is 6.94. The zero-order valence-electron chi connectivity index (χ0n) is 12.8. The number of nitrogens with zero attached hydrogens (tertiary/aromatic N) is 2. The van der Waals surface area contributed by atoms with Crippen molar-refractivity contribution in [1.82, 2.24) is 9.78 Å². The normalized spacial score (nSPS) is 10.3. The summed E-state index contributed by atoms with van der Waals surface area (Å²) in [5.74, 6) is 1.23. The Bertz CT molecular complexity index is 737. The summed E-state index contributed by atoms with van der Waals surface area (Å²) in [6.45, 7) is 2.38. The fraction of sp³-hybridized carbons (Fsp3) is 0.312. The molecule has 0 N–H and O–H groups in total. The van der Waals surface area contributed by atoms with Crippen LogP contribution in [0.25, 0.3) is 11.3 Å². The summed E-state index contributed by atoms with van der Waals surface area (Å²) >= 11 is 0. The largest absolute Gasteiger partial charge is 0.497 e. The Hall–Kier alpha value is -2.63. The van der Waals surface area contributed by atoms with Crippen LogP contribution in [0.1, 0.15) is 23.7 Å². The van der Waals surface area contributed by atoms with Gasteiger partial charge in [0.2, 0.25) is 0 Å². The summed E-state index contributed by atoms with van der Waals surface area (Å²) in [6, 6.07) is 6.76. The van der Waals surface area contributed by atoms with Crippen LogP contribution in [0, 0.1) is 0 Å². The Morgan fingerprint density at radius 3 is 2.59 bits per heavy atom. The van der Waals surface area contributed by atoms with Crippen molar-refractivity contribution in [2.75, 3.05) is 14.2 Å². The average molecular weight is 302 g/mol. The first-order chi connectivity index (χ1) is 10.6. The predicted octanol–water partition coefficient (Wildman–Crippen LogP) is 2.15. The molecule has 1 aromatic carbocycles. The number of hydrogen-bond donors (Lipinski definition) is 0. The molecule has 0 spiro atoms. The van der Waals surface area contributed by atoms with Crippen LogP contribution in [0.15, 0.2) is 29.1 Å². The molecule has 1 aromatic heterocycles. The van der Waals surface area contributed by atoms with Gasteiger partial charge in [-0.3, -0.25) is 9.59 Å². The number of methoxy groups -OCH3 is 2. The van der Waals surface area contributed by atoms with Crippen LogP contribution >= 0.6 is 0 Å². The molecular formula is C16H18N2O4. The number of aromatic nitrogens is 2. The number of ether oxygens (including phenoxy) is 2. The average Bonchev–Trinajstić information content (AvgIpc) is 2.56. The Labute approximate surface area is 128 Å². The van der Waals surface area contributed by atoms with Crippen molar-refractivity contribution < 1.29 is 14.3 Å². The number of aryl methyl sites for hydroxylation is 1. The molecule has 0 bridgehead atoms. The lowest BCUT2D eigenvalue weighted by Gasteiger charge is -2.12. The van der Waals surface area contributed by atoms with E-state index in [-0.39, 0.29) is 11.1 Å². The molecule has 0 fully saturated rings. The van der Waals surface area contributed by atoms with Gasteiger partial charge in [0, 0.05) is 12.1 Å². The number of aldehydes is 1. The number of benzene rings is 1. The second-order valence-corrected chi connectivity index (χ2v) is 4.70. The highest BCUT2D eigenvalue weighted by atomic mass is 16.5. The molecule has 2 rings (SSSR count). The fourth-order valence-electron chi connectivity index (χ4n) is 2.16. The van der Waals surface area contributed by atoms with Crippen LogP contribution < -0.4 is 15.0 Å². The van der Waals surface area contributed by atoms with Crippen molar-refractivity contribution in [1.29, 1.82) is 0 Å². The topological polar surface area (TPSA) is 70.4 Å². The molecule has 2 aromatic rings. The van der Waals surface area contributed by atoms with Gasteiger partial charge in [-0.25, -0.2) is 4.68 Å². The third-order valence-corrected chi connectivity index (χ3v) is 3.25. The molecular weight excluding hydrogens is 284 g/mol. The molecule has 0 amide bonds. The van der Waals surface area contributed by atoms with Gasteiger partial charge in [-0.05, 0) is 30.7 Å². The molecule has 0 unspecified atom stereocenters. The van der Waals surface area contributed by atoms with E-state index in [4.69, 9.17) is 9.47 Å². The Morgan fingerprint density at radius 1 is 1.23 bits per heavy atom. The molecule has 0 aliphatic heterocycles. The second kappa shape index (κ2) is 6.89. The van der Waals surface area contributed by atoms with Gasteiger partial charge >= 0.3 is 0 Å². The van der Waals surface area contributed by atoms with Gasteiger partial charge in [-0.15, -0.1) is 0 Å². The van der Waals surface area contributed by atoms with Gasteiger partial charge in [-0.2, -0.15) is 5.10 Å². The van der Waals surface area contributed by atoms with Crippen LogP contribution in [-0.2, 0) is 6.54 Å². The smallest absolute Gasteiger partial charge is 0.277 e. The SMILES string of the molecule is CCCn1nc(-c2cc(OC)ccc2OC)cc(C=O)c1=O. The van der Waals surface area contributed by atoms with Gasteiger partial charge in [0.25, 0.3) is 5.56 Å². The van der Waals surface area contributed by atoms with E-state index in [0.717, 1.165) is 6.42 Å². The molecule has 6 heteroatoms. The number of rotatable bonds is 6.